The number of rotatable bonds is 0. The van der Waals surface area contributed by atoms with Gasteiger partial charge in [0, 0.05) is 0 Å². The Balaban J connectivity index is 3.05. The van der Waals surface area contributed by atoms with E-state index in [9.17, 15) is 0 Å². The van der Waals surface area contributed by atoms with Gasteiger partial charge in [0.1, 0.15) is 0 Å². The van der Waals surface area contributed by atoms with Crippen LogP contribution in [0.15, 0.2) is 6.20 Å². The van der Waals surface area contributed by atoms with E-state index in [0.29, 0.717) is 0 Å². The average Bonchev–Trinajstić information content (AvgIpc) is 1.86. The van der Waals surface area contributed by atoms with Crippen molar-refractivity contribution in [2.75, 3.05) is 0 Å². The normalized spacial score (nSPS) is 8.83. The monoisotopic (exact) mass is 101 g/mol. The first-order chi connectivity index (χ1) is 2.89. The van der Waals surface area contributed by atoms with Crippen molar-refractivity contribution in [1.82, 2.24) is 15.4 Å². The molecule has 1 N–H and O–H groups in total. The van der Waals surface area contributed by atoms with E-state index in [1.165, 1.54) is 0 Å². The molecule has 6 heavy (non-hydrogen) atoms. The molecule has 1 heterocycles. The lowest BCUT2D eigenvalue weighted by Gasteiger charge is -1.62. The molecule has 1 atom stereocenters. The van der Waals surface area contributed by atoms with Crippen LogP contribution in [-0.2, 0) is 0 Å². The first-order valence-corrected chi connectivity index (χ1v) is 2.08. The lowest BCUT2D eigenvalue weighted by atomic mass is 11.0. The molecule has 3 nitrogen and oxygen atoms in total. The summed E-state index contributed by atoms with van der Waals surface area (Å²) in [6, 6.07) is 0. The summed E-state index contributed by atoms with van der Waals surface area (Å²) in [6.45, 7) is 0. The minimum Gasteiger partial charge on any atom is -0.197 e. The Labute approximate surface area is 37.3 Å². The molecule has 1 unspecified atom stereocenters. The highest BCUT2D eigenvalue weighted by Crippen LogP contribution is 1.72. The molecule has 1 aromatic rings. The first kappa shape index (κ1) is 3.75. The summed E-state index contributed by atoms with van der Waals surface area (Å²) in [5, 5.41) is 9.62. The summed E-state index contributed by atoms with van der Waals surface area (Å²) in [5.74, 6) is 0. The van der Waals surface area contributed by atoms with E-state index in [1.54, 1.807) is 6.20 Å². The molecule has 0 radical (unpaired) electrons. The van der Waals surface area contributed by atoms with Gasteiger partial charge in [0.2, 0.25) is 0 Å². The molecule has 1 aromatic heterocycles. The second-order valence-corrected chi connectivity index (χ2v) is 1.49. The second kappa shape index (κ2) is 1.35. The van der Waals surface area contributed by atoms with Gasteiger partial charge >= 0.3 is 0 Å². The van der Waals surface area contributed by atoms with Crippen molar-refractivity contribution in [3.05, 3.63) is 6.20 Å². The van der Waals surface area contributed by atoms with E-state index in [0.717, 1.165) is 5.44 Å². The highest BCUT2D eigenvalue weighted by molar-refractivity contribution is 7.26. The predicted octanol–water partition coefficient (Wildman–Crippen LogP) is -0.695. The maximum Gasteiger partial charge on any atom is 0.0987 e. The van der Waals surface area contributed by atoms with Crippen molar-refractivity contribution >= 4 is 14.7 Å². The van der Waals surface area contributed by atoms with Crippen LogP contribution >= 0.6 is 9.24 Å². The molecule has 0 fully saturated rings. The predicted molar refractivity (Wildman–Crippen MR) is 25.7 cm³/mol. The van der Waals surface area contributed by atoms with Gasteiger partial charge < -0.3 is 0 Å². The van der Waals surface area contributed by atoms with Crippen molar-refractivity contribution in [2.24, 2.45) is 0 Å². The van der Waals surface area contributed by atoms with Gasteiger partial charge in [0.25, 0.3) is 0 Å². The Kier molecular flexibility index (Phi) is 0.843. The van der Waals surface area contributed by atoms with Gasteiger partial charge in [-0.05, 0) is 0 Å². The lowest BCUT2D eigenvalue weighted by molar-refractivity contribution is 0.947. The Morgan fingerprint density at radius 3 is 2.83 bits per heavy atom. The van der Waals surface area contributed by atoms with Crippen LogP contribution in [0.3, 0.4) is 0 Å². The maximum absolute atomic E-state index is 3.64. The maximum atomic E-state index is 3.64. The zero-order valence-electron chi connectivity index (χ0n) is 3.05. The van der Waals surface area contributed by atoms with Crippen molar-refractivity contribution < 1.29 is 0 Å². The molecule has 0 aliphatic heterocycles. The summed E-state index contributed by atoms with van der Waals surface area (Å²) >= 11 is 0. The van der Waals surface area contributed by atoms with Crippen LogP contribution in [0.1, 0.15) is 0 Å². The topological polar surface area (TPSA) is 41.6 Å². The molecule has 0 aliphatic carbocycles. The van der Waals surface area contributed by atoms with Gasteiger partial charge in [-0.15, -0.1) is 0 Å². The molecular weight excluding hydrogens is 97.0 g/mol. The van der Waals surface area contributed by atoms with Gasteiger partial charge in [-0.25, -0.2) is 0 Å². The number of nitrogens with zero attached hydrogens (tertiary/aromatic N) is 2. The van der Waals surface area contributed by atoms with E-state index >= 15 is 0 Å². The van der Waals surface area contributed by atoms with Gasteiger partial charge in [0.05, 0.1) is 11.6 Å². The van der Waals surface area contributed by atoms with Crippen LogP contribution in [0.4, 0.5) is 0 Å². The molecule has 0 saturated heterocycles. The van der Waals surface area contributed by atoms with Gasteiger partial charge in [-0.3, -0.25) is 0 Å². The highest BCUT2D eigenvalue weighted by Gasteiger charge is 1.76. The van der Waals surface area contributed by atoms with Crippen LogP contribution in [0, 0.1) is 0 Å². The smallest absolute Gasteiger partial charge is 0.0987 e. The zero-order valence-corrected chi connectivity index (χ0v) is 4.20. The van der Waals surface area contributed by atoms with Gasteiger partial charge in [-0.2, -0.15) is 15.4 Å². The van der Waals surface area contributed by atoms with E-state index in [1.807, 2.05) is 0 Å². The fraction of sp³-hybridized carbons (Fsp3) is 0. The number of hydrogen-bond acceptors (Lipinski definition) is 2. The second-order valence-electron chi connectivity index (χ2n) is 0.895. The van der Waals surface area contributed by atoms with Crippen LogP contribution in [-0.4, -0.2) is 15.4 Å². The summed E-state index contributed by atoms with van der Waals surface area (Å²) in [7, 11) is 2.41. The van der Waals surface area contributed by atoms with Gasteiger partial charge in [-0.1, -0.05) is 9.24 Å². The number of H-pyrrole nitrogens is 1. The molecule has 1 rings (SSSR count). The molecule has 0 amide bonds. The number of aromatic amines is 1. The lowest BCUT2D eigenvalue weighted by Crippen LogP contribution is -1.85. The fourth-order valence-electron chi connectivity index (χ4n) is 0.210. The van der Waals surface area contributed by atoms with Crippen molar-refractivity contribution in [1.29, 1.82) is 0 Å². The molecule has 0 saturated carbocycles. The summed E-state index contributed by atoms with van der Waals surface area (Å²) in [6.07, 6.45) is 1.63. The molecule has 0 bridgehead atoms. The largest absolute Gasteiger partial charge is 0.197 e. The Morgan fingerprint density at radius 1 is 1.83 bits per heavy atom. The highest BCUT2D eigenvalue weighted by atomic mass is 31.0. The Morgan fingerprint density at radius 2 is 2.67 bits per heavy atom. The Hall–Kier alpha value is -0.430. The molecular formula is C2H4N3P. The SMILES string of the molecule is Pc1cn[nH]n1. The van der Waals surface area contributed by atoms with Crippen LogP contribution < -0.4 is 5.44 Å². The quantitative estimate of drug-likeness (QED) is 0.439. The standard InChI is InChI=1S/C2H4N3P/c6-2-1-3-5-4-2/h1H,6H2,(H,3,4,5). The van der Waals surface area contributed by atoms with Crippen LogP contribution in [0.25, 0.3) is 0 Å². The third kappa shape index (κ3) is 0.546. The minimum absolute atomic E-state index is 0.843. The molecule has 0 aromatic carbocycles. The fourth-order valence-corrected chi connectivity index (χ4v) is 0.343. The van der Waals surface area contributed by atoms with E-state index in [2.05, 4.69) is 24.7 Å². The third-order valence-electron chi connectivity index (χ3n) is 0.434. The first-order valence-electron chi connectivity index (χ1n) is 1.51. The Bertz CT molecular complexity index is 112. The van der Waals surface area contributed by atoms with Crippen molar-refractivity contribution in [2.45, 2.75) is 0 Å². The number of aromatic nitrogens is 3. The average molecular weight is 101 g/mol. The number of hydrogen-bond donors (Lipinski definition) is 1. The molecule has 32 valence electrons. The number of nitrogens with one attached hydrogen (secondary N) is 1. The van der Waals surface area contributed by atoms with E-state index in [-0.39, 0.29) is 0 Å². The summed E-state index contributed by atoms with van der Waals surface area (Å²) < 4.78 is 0. The molecule has 0 aliphatic rings. The summed E-state index contributed by atoms with van der Waals surface area (Å²) in [4.78, 5) is 0. The minimum atomic E-state index is 0.843. The molecule has 0 spiro atoms. The third-order valence-corrected chi connectivity index (χ3v) is 0.712. The van der Waals surface area contributed by atoms with Crippen molar-refractivity contribution in [3.63, 3.8) is 0 Å². The van der Waals surface area contributed by atoms with E-state index < -0.39 is 0 Å². The van der Waals surface area contributed by atoms with Crippen LogP contribution in [0.5, 0.6) is 0 Å². The van der Waals surface area contributed by atoms with Crippen molar-refractivity contribution in [3.8, 4) is 0 Å². The van der Waals surface area contributed by atoms with Crippen LogP contribution in [0.2, 0.25) is 0 Å². The summed E-state index contributed by atoms with van der Waals surface area (Å²) in [5.41, 5.74) is 0.843. The van der Waals surface area contributed by atoms with E-state index in [4.69, 9.17) is 0 Å². The zero-order chi connectivity index (χ0) is 4.41. The molecule has 4 heteroatoms. The van der Waals surface area contributed by atoms with Gasteiger partial charge in [0.15, 0.2) is 0 Å².